The Bertz CT molecular complexity index is 1720. The molecule has 0 unspecified atom stereocenters. The smallest absolute Gasteiger partial charge is 0.259 e. The molecule has 1 aliphatic heterocycles. The number of fused-ring (bicyclic) bond motifs is 3. The average Bonchev–Trinajstić information content (AvgIpc) is 3.54. The SMILES string of the molecule is CS(=O)(=O)C1CCN(Cc2ccc(-c3cc4c(ncc5[nH]c(=O)c(-c6nnn[nH]6)cc54)[nH]3)cc2)CC1. The molecule has 0 radical (unpaired) electrons. The summed E-state index contributed by atoms with van der Waals surface area (Å²) < 4.78 is 23.6. The molecular formula is C24H24N8O3S. The lowest BCUT2D eigenvalue weighted by Crippen LogP contribution is -2.38. The highest BCUT2D eigenvalue weighted by atomic mass is 32.2. The number of sulfone groups is 1. The standard InChI is InChI=1S/C24H24N8O3S/c1-36(34,35)16-6-8-32(9-7-16)13-14-2-4-15(5-3-14)20-11-18-17-10-19(23-28-30-31-29-23)24(33)27-21(17)12-25-22(18)26-20/h2-5,10-12,16H,6-9,13H2,1H3,(H,25,26)(H,27,33)(H,28,29,30,31). The van der Waals surface area contributed by atoms with Crippen LogP contribution in [0.15, 0.2) is 47.4 Å². The number of rotatable bonds is 5. The number of aromatic amines is 3. The molecule has 0 atom stereocenters. The Morgan fingerprint density at radius 2 is 1.83 bits per heavy atom. The van der Waals surface area contributed by atoms with E-state index >= 15 is 0 Å². The van der Waals surface area contributed by atoms with Crippen molar-refractivity contribution in [2.24, 2.45) is 0 Å². The van der Waals surface area contributed by atoms with E-state index in [0.717, 1.165) is 41.7 Å². The van der Waals surface area contributed by atoms with E-state index in [2.05, 4.69) is 64.7 Å². The Kier molecular flexibility index (Phi) is 5.41. The minimum atomic E-state index is -2.96. The summed E-state index contributed by atoms with van der Waals surface area (Å²) in [6.45, 7) is 2.37. The molecule has 184 valence electrons. The third-order valence-corrected chi connectivity index (χ3v) is 8.58. The first-order valence-corrected chi connectivity index (χ1v) is 13.6. The molecule has 12 heteroatoms. The number of tetrazole rings is 1. The van der Waals surface area contributed by atoms with Gasteiger partial charge in [-0.05, 0) is 59.6 Å². The van der Waals surface area contributed by atoms with E-state index in [4.69, 9.17) is 0 Å². The molecule has 0 spiro atoms. The predicted molar refractivity (Wildman–Crippen MR) is 136 cm³/mol. The second-order valence-corrected chi connectivity index (χ2v) is 11.6. The fraction of sp³-hybridized carbons (Fsp3) is 0.292. The van der Waals surface area contributed by atoms with Gasteiger partial charge in [-0.25, -0.2) is 18.5 Å². The van der Waals surface area contributed by atoms with Crippen LogP contribution >= 0.6 is 0 Å². The van der Waals surface area contributed by atoms with Gasteiger partial charge in [0.05, 0.1) is 22.5 Å². The van der Waals surface area contributed by atoms with Crippen LogP contribution in [-0.4, -0.2) is 73.5 Å². The molecule has 4 aromatic heterocycles. The van der Waals surface area contributed by atoms with Crippen LogP contribution in [0.5, 0.6) is 0 Å². The fourth-order valence-corrected chi connectivity index (χ4v) is 5.96. The molecule has 11 nitrogen and oxygen atoms in total. The van der Waals surface area contributed by atoms with Gasteiger partial charge in [-0.15, -0.1) is 5.10 Å². The number of likely N-dealkylation sites (tertiary alicyclic amines) is 1. The first-order valence-electron chi connectivity index (χ1n) is 11.6. The van der Waals surface area contributed by atoms with Crippen molar-refractivity contribution in [2.45, 2.75) is 24.6 Å². The van der Waals surface area contributed by atoms with Crippen molar-refractivity contribution in [3.8, 4) is 22.6 Å². The highest BCUT2D eigenvalue weighted by Gasteiger charge is 2.26. The van der Waals surface area contributed by atoms with Crippen molar-refractivity contribution in [1.82, 2.24) is 40.5 Å². The predicted octanol–water partition coefficient (Wildman–Crippen LogP) is 2.26. The maximum Gasteiger partial charge on any atom is 0.259 e. The molecule has 1 saturated heterocycles. The summed E-state index contributed by atoms with van der Waals surface area (Å²) in [5.74, 6) is 0.301. The quantitative estimate of drug-likeness (QED) is 0.329. The Hall–Kier alpha value is -3.90. The van der Waals surface area contributed by atoms with Crippen molar-refractivity contribution in [3.05, 3.63) is 58.5 Å². The summed E-state index contributed by atoms with van der Waals surface area (Å²) in [6, 6.07) is 12.1. The van der Waals surface area contributed by atoms with Gasteiger partial charge in [0.25, 0.3) is 5.56 Å². The van der Waals surface area contributed by atoms with Gasteiger partial charge in [-0.2, -0.15) is 0 Å². The molecule has 1 aliphatic rings. The number of nitrogens with one attached hydrogen (secondary N) is 3. The first-order chi connectivity index (χ1) is 17.3. The third-order valence-electron chi connectivity index (χ3n) is 6.89. The minimum Gasteiger partial charge on any atom is -0.339 e. The van der Waals surface area contributed by atoms with E-state index in [1.807, 2.05) is 6.07 Å². The lowest BCUT2D eigenvalue weighted by atomic mass is 10.1. The van der Waals surface area contributed by atoms with E-state index in [0.29, 0.717) is 35.4 Å². The Morgan fingerprint density at radius 1 is 1.06 bits per heavy atom. The number of H-pyrrole nitrogens is 3. The highest BCUT2D eigenvalue weighted by molar-refractivity contribution is 7.91. The molecular weight excluding hydrogens is 480 g/mol. The van der Waals surface area contributed by atoms with Gasteiger partial charge >= 0.3 is 0 Å². The van der Waals surface area contributed by atoms with Crippen LogP contribution in [0.3, 0.4) is 0 Å². The molecule has 0 bridgehead atoms. The van der Waals surface area contributed by atoms with E-state index in [-0.39, 0.29) is 10.8 Å². The largest absolute Gasteiger partial charge is 0.339 e. The number of piperidine rings is 1. The maximum absolute atomic E-state index is 12.5. The van der Waals surface area contributed by atoms with Gasteiger partial charge in [0.15, 0.2) is 5.82 Å². The summed E-state index contributed by atoms with van der Waals surface area (Å²) in [4.78, 5) is 25.5. The third kappa shape index (κ3) is 4.18. The molecule has 6 rings (SSSR count). The second kappa shape index (κ2) is 8.64. The number of pyridine rings is 2. The van der Waals surface area contributed by atoms with E-state index in [9.17, 15) is 13.2 Å². The summed E-state index contributed by atoms with van der Waals surface area (Å²) in [7, 11) is -2.96. The van der Waals surface area contributed by atoms with Crippen LogP contribution in [0.2, 0.25) is 0 Å². The number of hydrogen-bond donors (Lipinski definition) is 3. The van der Waals surface area contributed by atoms with Crippen molar-refractivity contribution in [2.75, 3.05) is 19.3 Å². The van der Waals surface area contributed by atoms with Gasteiger partial charge in [-0.1, -0.05) is 24.3 Å². The van der Waals surface area contributed by atoms with Crippen LogP contribution in [0.4, 0.5) is 0 Å². The second-order valence-electron chi connectivity index (χ2n) is 9.29. The van der Waals surface area contributed by atoms with Gasteiger partial charge in [0.2, 0.25) is 0 Å². The number of aromatic nitrogens is 7. The molecule has 0 saturated carbocycles. The summed E-state index contributed by atoms with van der Waals surface area (Å²) in [5, 5.41) is 15.1. The van der Waals surface area contributed by atoms with Crippen molar-refractivity contribution >= 4 is 31.8 Å². The molecule has 0 aliphatic carbocycles. The average molecular weight is 505 g/mol. The minimum absolute atomic E-state index is 0.218. The molecule has 5 aromatic rings. The van der Waals surface area contributed by atoms with Gasteiger partial charge in [0.1, 0.15) is 15.5 Å². The van der Waals surface area contributed by atoms with Crippen LogP contribution < -0.4 is 5.56 Å². The zero-order chi connectivity index (χ0) is 24.9. The van der Waals surface area contributed by atoms with Gasteiger partial charge < -0.3 is 9.97 Å². The molecule has 3 N–H and O–H groups in total. The molecule has 1 fully saturated rings. The lowest BCUT2D eigenvalue weighted by molar-refractivity contribution is 0.222. The van der Waals surface area contributed by atoms with Crippen molar-refractivity contribution < 1.29 is 8.42 Å². The summed E-state index contributed by atoms with van der Waals surface area (Å²) >= 11 is 0. The van der Waals surface area contributed by atoms with E-state index in [1.54, 1.807) is 12.3 Å². The number of nitrogens with zero attached hydrogens (tertiary/aromatic N) is 5. The van der Waals surface area contributed by atoms with Crippen molar-refractivity contribution in [3.63, 3.8) is 0 Å². The number of benzene rings is 1. The maximum atomic E-state index is 12.5. The lowest BCUT2D eigenvalue weighted by Gasteiger charge is -2.31. The first kappa shape index (κ1) is 22.6. The van der Waals surface area contributed by atoms with Crippen LogP contribution in [-0.2, 0) is 16.4 Å². The highest BCUT2D eigenvalue weighted by Crippen LogP contribution is 2.29. The van der Waals surface area contributed by atoms with Gasteiger partial charge in [0, 0.05) is 29.3 Å². The van der Waals surface area contributed by atoms with E-state index in [1.165, 1.54) is 11.8 Å². The Labute approximate surface area is 205 Å². The molecule has 36 heavy (non-hydrogen) atoms. The molecule has 1 aromatic carbocycles. The van der Waals surface area contributed by atoms with Crippen molar-refractivity contribution in [1.29, 1.82) is 0 Å². The van der Waals surface area contributed by atoms with Crippen LogP contribution in [0.25, 0.3) is 44.6 Å². The van der Waals surface area contributed by atoms with Gasteiger partial charge in [-0.3, -0.25) is 9.69 Å². The molecule has 0 amide bonds. The zero-order valence-corrected chi connectivity index (χ0v) is 20.3. The Balaban J connectivity index is 1.26. The molecule has 5 heterocycles. The fourth-order valence-electron chi connectivity index (χ4n) is 4.90. The number of hydrogen-bond acceptors (Lipinski definition) is 8. The Morgan fingerprint density at radius 3 is 2.53 bits per heavy atom. The topological polar surface area (TPSA) is 153 Å². The van der Waals surface area contributed by atoms with Crippen LogP contribution in [0.1, 0.15) is 18.4 Å². The normalized spacial score (nSPS) is 15.7. The van der Waals surface area contributed by atoms with Crippen LogP contribution in [0, 0.1) is 0 Å². The monoisotopic (exact) mass is 504 g/mol. The zero-order valence-electron chi connectivity index (χ0n) is 19.5. The summed E-state index contributed by atoms with van der Waals surface area (Å²) in [6.07, 6.45) is 4.35. The van der Waals surface area contributed by atoms with E-state index < -0.39 is 9.84 Å². The summed E-state index contributed by atoms with van der Waals surface area (Å²) in [5.41, 5.74) is 4.51.